The molecule has 0 unspecified atom stereocenters. The molecule has 0 spiro atoms. The lowest BCUT2D eigenvalue weighted by Crippen LogP contribution is -2.45. The van der Waals surface area contributed by atoms with Crippen LogP contribution in [0.15, 0.2) is 176 Å². The zero-order chi connectivity index (χ0) is 107. The predicted molar refractivity (Wildman–Crippen MR) is 512 cm³/mol. The number of hydrogen-bond donors (Lipinski definition) is 6. The van der Waals surface area contributed by atoms with Gasteiger partial charge >= 0.3 is 30.9 Å². The maximum absolute atomic E-state index is 13.4. The van der Waals surface area contributed by atoms with E-state index in [4.69, 9.17) is 10.5 Å². The lowest BCUT2D eigenvalue weighted by molar-refractivity contribution is -0.259. The number of amides is 5. The summed E-state index contributed by atoms with van der Waals surface area (Å²) in [5.74, 6) is -2.18. The molecule has 6 N–H and O–H groups in total. The number of aliphatic hydroxyl groups is 6. The summed E-state index contributed by atoms with van der Waals surface area (Å²) in [6, 6.07) is 48.4. The van der Waals surface area contributed by atoms with Gasteiger partial charge in [-0.15, -0.1) is 0 Å². The minimum atomic E-state index is -4.84. The van der Waals surface area contributed by atoms with Crippen LogP contribution in [0.25, 0.3) is 0 Å². The van der Waals surface area contributed by atoms with Gasteiger partial charge < -0.3 is 55.1 Å². The molecule has 9 aliphatic rings. The fraction of sp³-hybridized carbons (Fsp3) is 0.559. The van der Waals surface area contributed by atoms with Crippen molar-refractivity contribution in [1.29, 1.82) is 10.5 Å². The summed E-state index contributed by atoms with van der Waals surface area (Å²) in [6.45, 7) is 5.84. The summed E-state index contributed by atoms with van der Waals surface area (Å²) >= 11 is 0. The van der Waals surface area contributed by atoms with Gasteiger partial charge in [-0.3, -0.25) is 24.0 Å². The van der Waals surface area contributed by atoms with E-state index >= 15 is 0 Å². The topological polar surface area (TPSA) is 271 Å². The number of alkyl halides is 17. The van der Waals surface area contributed by atoms with Gasteiger partial charge in [0, 0.05) is 108 Å². The number of nitriles is 2. The first-order chi connectivity index (χ1) is 68.4. The van der Waals surface area contributed by atoms with Gasteiger partial charge in [0.2, 0.25) is 5.92 Å². The van der Waals surface area contributed by atoms with Crippen molar-refractivity contribution >= 4 is 29.5 Å². The minimum Gasteiger partial charge on any atom is -0.393 e. The van der Waals surface area contributed by atoms with E-state index in [-0.39, 0.29) is 155 Å². The van der Waals surface area contributed by atoms with Gasteiger partial charge in [0.05, 0.1) is 23.8 Å². The van der Waals surface area contributed by atoms with Crippen LogP contribution < -0.4 is 0 Å². The average Bonchev–Trinajstić information content (AvgIpc) is 1.59. The second kappa shape index (κ2) is 46.7. The van der Waals surface area contributed by atoms with Crippen molar-refractivity contribution in [3.63, 3.8) is 0 Å². The fourth-order valence-electron chi connectivity index (χ4n) is 20.4. The molecule has 7 aromatic carbocycles. The van der Waals surface area contributed by atoms with Gasteiger partial charge in [0.15, 0.2) is 28.0 Å². The zero-order valence-corrected chi connectivity index (χ0v) is 82.7. The third kappa shape index (κ3) is 28.3. The van der Waals surface area contributed by atoms with E-state index < -0.39 is 64.8 Å². The SMILES string of the molecule is CCN(C(=O)c1ccc([C@](C)(O)C(F)(F)F)cc1)C1CCC(O)CC1.C[C@](O)(c1ccc(C(=O)N(C2CC2)C2CCC(F)(F)CC2)cc1)C(F)(F)F.C[C@](O)(c1ccc(C(=O)N(C2CCC(CC#N)CC2)C2CC2)cc1)C(F)(F)F.C[C@](O)(c1ccc(C(=O)N(C2CCC(Cc3ccc(C#N)cc3)CC2)C2CC2)cc1)C(F)(F)F.C[C@](O)(c1ccc(C(=O)N(C2CCC(Cc3ccccc3)CC2)C2CC2)cc1)C(F)(F)F. The first kappa shape index (κ1) is 114. The van der Waals surface area contributed by atoms with E-state index in [9.17, 15) is 129 Å². The molecule has 9 saturated carbocycles. The highest BCUT2D eigenvalue weighted by Crippen LogP contribution is 2.49. The molecule has 0 heterocycles. The van der Waals surface area contributed by atoms with Gasteiger partial charge in [-0.05, 0) is 351 Å². The molecule has 5 amide bonds. The van der Waals surface area contributed by atoms with Crippen molar-refractivity contribution in [3.8, 4) is 12.1 Å². The average molecular weight is 2060 g/mol. The van der Waals surface area contributed by atoms with Crippen LogP contribution in [-0.2, 0) is 40.8 Å². The predicted octanol–water partition coefficient (Wildman–Crippen LogP) is 24.0. The number of benzene rings is 7. The van der Waals surface area contributed by atoms with Gasteiger partial charge in [0.1, 0.15) is 0 Å². The Kier molecular flexibility index (Phi) is 36.5. The highest BCUT2D eigenvalue weighted by atomic mass is 19.4. The largest absolute Gasteiger partial charge is 0.421 e. The highest BCUT2D eigenvalue weighted by Gasteiger charge is 2.57. The Morgan fingerprint density at radius 3 is 0.767 bits per heavy atom. The standard InChI is InChI=1S/C27H29F3N2O2.C26H30F3NO2.C21H25F3N2O2.C19H22F5NO2.C18H24F3NO3/c1-26(34,27(28,29)30)22-10-8-21(9-11-22)25(33)32(24-14-15-24)23-12-6-19(7-13-23)16-18-2-4-20(17-31)5-3-18;1-25(32,26(27,28)29)21-11-9-20(10-12-21)24(31)30(23-15-16-23)22-13-7-19(8-14-22)17-18-5-3-2-4-6-18;1-20(28,21(22,23)24)16-6-4-15(5-7-16)19(27)26(18-10-11-18)17-8-2-14(3-9-17)12-13-25;1-17(27,19(22,23)24)13-4-2-12(3-5-13)16(26)25(14-6-7-14)15-8-10-18(20,21)11-9-15;1-3-22(14-8-10-15(23)11-9-14)16(24)12-4-6-13(7-5-12)17(2,25)18(19,20)21/h2-5,8-11,19,23-24,34H,6-7,12-16H2,1H3;2-6,9-12,19,22-23,32H,7-8,13-17H2,1H3;4-7,14,17-18,28H,2-3,8-12H2,1H3;2-5,14-15,27H,6-11H2,1H3;4-7,14-15,23,25H,3,8-11H2,1-2H3/t19?,23?,26-;19?,22?,25-;14?,17?,20-;17-;14?,15?,17-/m00000/s1. The summed E-state index contributed by atoms with van der Waals surface area (Å²) in [6.07, 6.45) is -0.323. The molecule has 9 fully saturated rings. The Labute approximate surface area is 840 Å². The second-order valence-corrected chi connectivity index (χ2v) is 41.7. The van der Waals surface area contributed by atoms with E-state index in [1.165, 1.54) is 108 Å². The molecule has 5 atom stereocenters. The molecular formula is C111H130F17N7O11. The maximum atomic E-state index is 13.4. The molecule has 35 heteroatoms. The molecule has 0 saturated heterocycles. The fourth-order valence-corrected chi connectivity index (χ4v) is 20.4. The monoisotopic (exact) mass is 2060 g/mol. The van der Waals surface area contributed by atoms with Crippen molar-refractivity contribution < 1.29 is 129 Å². The Morgan fingerprint density at radius 1 is 0.308 bits per heavy atom. The number of carbonyl (C=O) groups excluding carboxylic acids is 5. The van der Waals surface area contributed by atoms with Gasteiger partial charge in [-0.25, -0.2) is 8.78 Å². The first-order valence-electron chi connectivity index (χ1n) is 50.5. The number of rotatable bonds is 25. The first-order valence-corrected chi connectivity index (χ1v) is 50.5. The highest BCUT2D eigenvalue weighted by molar-refractivity contribution is 5.97. The number of hydrogen-bond acceptors (Lipinski definition) is 13. The van der Waals surface area contributed by atoms with Gasteiger partial charge in [-0.1, -0.05) is 103 Å². The van der Waals surface area contributed by atoms with Crippen molar-refractivity contribution in [3.05, 3.63) is 248 Å². The van der Waals surface area contributed by atoms with Crippen LogP contribution in [-0.4, -0.2) is 189 Å². The van der Waals surface area contributed by atoms with E-state index in [0.29, 0.717) is 99.4 Å². The normalized spacial score (nSPS) is 23.4. The second-order valence-electron chi connectivity index (χ2n) is 41.7. The Morgan fingerprint density at radius 2 is 0.534 bits per heavy atom. The van der Waals surface area contributed by atoms with Crippen molar-refractivity contribution in [2.24, 2.45) is 17.8 Å². The van der Waals surface area contributed by atoms with E-state index in [1.54, 1.807) is 9.80 Å². The molecule has 7 aromatic rings. The Bertz CT molecular complexity index is 5550. The van der Waals surface area contributed by atoms with Gasteiger partial charge in [-0.2, -0.15) is 76.4 Å². The lowest BCUT2D eigenvalue weighted by atomic mass is 9.81. The van der Waals surface area contributed by atoms with Crippen LogP contribution >= 0.6 is 0 Å². The van der Waals surface area contributed by atoms with Crippen LogP contribution in [0, 0.1) is 40.4 Å². The minimum absolute atomic E-state index is 0.00665. The summed E-state index contributed by atoms with van der Waals surface area (Å²) in [5, 5.41) is 76.4. The van der Waals surface area contributed by atoms with Crippen molar-refractivity contribution in [2.75, 3.05) is 6.54 Å². The molecule has 0 radical (unpaired) electrons. The smallest absolute Gasteiger partial charge is 0.393 e. The quantitative estimate of drug-likeness (QED) is 0.0291. The third-order valence-electron chi connectivity index (χ3n) is 30.7. The summed E-state index contributed by atoms with van der Waals surface area (Å²) in [7, 11) is 0. The van der Waals surface area contributed by atoms with Crippen LogP contribution in [0.4, 0.5) is 74.6 Å². The zero-order valence-electron chi connectivity index (χ0n) is 82.7. The molecule has 9 aliphatic carbocycles. The molecule has 0 aliphatic heterocycles. The van der Waals surface area contributed by atoms with Gasteiger partial charge in [0.25, 0.3) is 29.5 Å². The van der Waals surface area contributed by atoms with E-state index in [0.717, 1.165) is 179 Å². The van der Waals surface area contributed by atoms with Crippen LogP contribution in [0.5, 0.6) is 0 Å². The summed E-state index contributed by atoms with van der Waals surface area (Å²) in [4.78, 5) is 74.5. The third-order valence-corrected chi connectivity index (χ3v) is 30.7. The van der Waals surface area contributed by atoms with Crippen LogP contribution in [0.2, 0.25) is 0 Å². The van der Waals surface area contributed by atoms with Crippen molar-refractivity contribution in [1.82, 2.24) is 24.5 Å². The van der Waals surface area contributed by atoms with Crippen molar-refractivity contribution in [2.45, 2.75) is 366 Å². The summed E-state index contributed by atoms with van der Waals surface area (Å²) in [5.41, 5.74) is -11.6. The number of halogens is 17. The molecule has 0 bridgehead atoms. The number of aliphatic hydroxyl groups excluding tert-OH is 1. The molecule has 0 aromatic heterocycles. The number of nitrogens with zero attached hydrogens (tertiary/aromatic N) is 7. The Hall–Kier alpha value is -10.6. The molecule has 16 rings (SSSR count). The van der Waals surface area contributed by atoms with Crippen LogP contribution in [0.1, 0.15) is 324 Å². The van der Waals surface area contributed by atoms with Crippen LogP contribution in [0.3, 0.4) is 0 Å². The molecule has 18 nitrogen and oxygen atoms in total. The maximum Gasteiger partial charge on any atom is 0.421 e. The molecular weight excluding hydrogens is 1930 g/mol. The Balaban J connectivity index is 0.000000163. The molecule has 794 valence electrons. The molecule has 146 heavy (non-hydrogen) atoms. The summed E-state index contributed by atoms with van der Waals surface area (Å²) < 4.78 is 222. The lowest BCUT2D eigenvalue weighted by Gasteiger charge is -2.37. The van der Waals surface area contributed by atoms with E-state index in [2.05, 4.69) is 36.4 Å². The van der Waals surface area contributed by atoms with E-state index in [1.807, 2.05) is 52.0 Å². The number of carbonyl (C=O) groups is 5.